The number of carbonyl (C=O) groups excluding carboxylic acids is 3. The molecule has 93 heavy (non-hydrogen) atoms. The Morgan fingerprint density at radius 3 is 0.860 bits per heavy atom. The van der Waals surface area contributed by atoms with Gasteiger partial charge in [-0.3, -0.25) is 9.59 Å². The molecule has 0 saturated heterocycles. The van der Waals surface area contributed by atoms with E-state index in [2.05, 4.69) is 172 Å². The highest BCUT2D eigenvalue weighted by molar-refractivity contribution is 5.70. The molecule has 0 amide bonds. The van der Waals surface area contributed by atoms with Crippen LogP contribution < -0.4 is 5.11 Å². The smallest absolute Gasteiger partial charge is 0.306 e. The monoisotopic (exact) mass is 1290 g/mol. The van der Waals surface area contributed by atoms with Gasteiger partial charge in [0, 0.05) is 12.8 Å². The molecule has 0 radical (unpaired) electrons. The van der Waals surface area contributed by atoms with Gasteiger partial charge in [-0.2, -0.15) is 0 Å². The van der Waals surface area contributed by atoms with Crippen molar-refractivity contribution in [2.75, 3.05) is 47.5 Å². The molecule has 0 aromatic heterocycles. The van der Waals surface area contributed by atoms with Crippen molar-refractivity contribution >= 4 is 17.9 Å². The minimum absolute atomic E-state index is 0.141. The standard InChI is InChI=1S/C84H139NO8/c1-6-8-10-12-14-16-18-20-22-24-26-28-30-32-34-36-37-38-39-40-41-42-43-44-45-47-49-51-53-55-57-59-61-63-65-67-69-71-73-75-82(87)93-80(79-92-84(83(88)89)90-77-76-85(3,4)5)78-91-81(86)74-72-70-68-66-64-62-60-58-56-54-52-50-48-46-35-33-31-29-27-25-23-21-19-17-15-13-11-9-7-2/h8-11,14-17,20-23,26-29,32,34,37-38,40-41,43-44,47,49,80,84H,6-7,12-13,18-19,24-25,30-31,33,35-36,39,42,45-46,48,50-79H2,1-5H3/b10-8-,11-9-,16-14-,17-15-,22-20-,23-21-,28-26-,29-27-,34-32-,38-37-,41-40-,44-43-,49-47-. The van der Waals surface area contributed by atoms with Crippen LogP contribution in [0.3, 0.4) is 0 Å². The van der Waals surface area contributed by atoms with Crippen molar-refractivity contribution in [3.63, 3.8) is 0 Å². The summed E-state index contributed by atoms with van der Waals surface area (Å²) in [5.74, 6) is -2.29. The molecular formula is C84H139NO8. The molecule has 2 atom stereocenters. The molecular weight excluding hydrogens is 1150 g/mol. The van der Waals surface area contributed by atoms with Gasteiger partial charge >= 0.3 is 11.9 Å². The van der Waals surface area contributed by atoms with Crippen molar-refractivity contribution in [2.45, 2.75) is 309 Å². The number of nitrogens with zero attached hydrogens (tertiary/aromatic N) is 1. The second-order valence-corrected chi connectivity index (χ2v) is 25.8. The van der Waals surface area contributed by atoms with E-state index in [0.29, 0.717) is 17.4 Å². The third-order valence-corrected chi connectivity index (χ3v) is 15.8. The van der Waals surface area contributed by atoms with Crippen LogP contribution in [0.5, 0.6) is 0 Å². The number of esters is 2. The molecule has 0 bridgehead atoms. The topological polar surface area (TPSA) is 111 Å². The lowest BCUT2D eigenvalue weighted by Gasteiger charge is -2.26. The first-order chi connectivity index (χ1) is 45.6. The number of allylic oxidation sites excluding steroid dienone is 26. The van der Waals surface area contributed by atoms with Crippen LogP contribution in [-0.2, 0) is 33.3 Å². The molecule has 9 heteroatoms. The zero-order valence-corrected chi connectivity index (χ0v) is 60.3. The minimum atomic E-state index is -1.63. The van der Waals surface area contributed by atoms with Gasteiger partial charge < -0.3 is 33.3 Å². The molecule has 528 valence electrons. The number of carboxylic acids is 1. The fourth-order valence-electron chi connectivity index (χ4n) is 10.1. The van der Waals surface area contributed by atoms with Crippen molar-refractivity contribution in [1.82, 2.24) is 0 Å². The van der Waals surface area contributed by atoms with Gasteiger partial charge in [-0.05, 0) is 122 Å². The summed E-state index contributed by atoms with van der Waals surface area (Å²) in [6.07, 6.45) is 105. The van der Waals surface area contributed by atoms with Gasteiger partial charge in [-0.1, -0.05) is 320 Å². The van der Waals surface area contributed by atoms with E-state index in [9.17, 15) is 19.5 Å². The van der Waals surface area contributed by atoms with Gasteiger partial charge in [-0.15, -0.1) is 0 Å². The number of quaternary nitrogens is 1. The fraction of sp³-hybridized carbons (Fsp3) is 0.655. The lowest BCUT2D eigenvalue weighted by molar-refractivity contribution is -0.870. The summed E-state index contributed by atoms with van der Waals surface area (Å²) in [4.78, 5) is 37.6. The SMILES string of the molecule is CC/C=C\C/C=C\C/C=C\C/C=C\C/C=C\C/C=C\C/C=C\C/C=C\C/C=C\CCCCCCCCCCCCCC(=O)OC(COC(=O)CCCCCCCCCCCCCCCCCC/C=C\C/C=C\C/C=C\C/C=C\CC)COC(OCC[N+](C)(C)C)C(=O)[O-]. The highest BCUT2D eigenvalue weighted by Crippen LogP contribution is 2.17. The number of unbranched alkanes of at least 4 members (excludes halogenated alkanes) is 27. The zero-order valence-electron chi connectivity index (χ0n) is 60.3. The maximum absolute atomic E-state index is 13.0. The fourth-order valence-corrected chi connectivity index (χ4v) is 10.1. The summed E-state index contributed by atoms with van der Waals surface area (Å²) >= 11 is 0. The van der Waals surface area contributed by atoms with E-state index in [0.717, 1.165) is 128 Å². The number of carboxylic acid groups (broad SMARTS) is 1. The summed E-state index contributed by atoms with van der Waals surface area (Å²) < 4.78 is 22.8. The van der Waals surface area contributed by atoms with Crippen LogP contribution in [0, 0.1) is 0 Å². The summed E-state index contributed by atoms with van der Waals surface area (Å²) in [7, 11) is 5.93. The first kappa shape index (κ1) is 87.9. The summed E-state index contributed by atoms with van der Waals surface area (Å²) in [6.45, 7) is 4.53. The second kappa shape index (κ2) is 72.7. The van der Waals surface area contributed by atoms with Crippen molar-refractivity contribution in [3.8, 4) is 0 Å². The van der Waals surface area contributed by atoms with Crippen LogP contribution in [0.15, 0.2) is 158 Å². The molecule has 0 aliphatic heterocycles. The third-order valence-electron chi connectivity index (χ3n) is 15.8. The lowest BCUT2D eigenvalue weighted by atomic mass is 10.0. The van der Waals surface area contributed by atoms with Crippen LogP contribution in [0.25, 0.3) is 0 Å². The van der Waals surface area contributed by atoms with Crippen molar-refractivity contribution < 1.29 is 42.9 Å². The molecule has 0 aromatic rings. The third kappa shape index (κ3) is 74.2. The highest BCUT2D eigenvalue weighted by atomic mass is 16.7. The predicted molar refractivity (Wildman–Crippen MR) is 398 cm³/mol. The van der Waals surface area contributed by atoms with Crippen LogP contribution in [0.2, 0.25) is 0 Å². The van der Waals surface area contributed by atoms with Gasteiger partial charge in [-0.25, -0.2) is 0 Å². The normalized spacial score (nSPS) is 13.6. The molecule has 0 aromatic carbocycles. The largest absolute Gasteiger partial charge is 0.545 e. The second-order valence-electron chi connectivity index (χ2n) is 25.8. The Bertz CT molecular complexity index is 2090. The van der Waals surface area contributed by atoms with Crippen LogP contribution >= 0.6 is 0 Å². The summed E-state index contributed by atoms with van der Waals surface area (Å²) in [5, 5.41) is 11.8. The van der Waals surface area contributed by atoms with Crippen molar-refractivity contribution in [1.29, 1.82) is 0 Å². The molecule has 2 unspecified atom stereocenters. The Hall–Kier alpha value is -5.09. The molecule has 0 N–H and O–H groups in total. The summed E-state index contributed by atoms with van der Waals surface area (Å²) in [6, 6.07) is 0. The lowest BCUT2D eigenvalue weighted by Crippen LogP contribution is -2.44. The Morgan fingerprint density at radius 2 is 0.581 bits per heavy atom. The number of hydrogen-bond donors (Lipinski definition) is 0. The molecule has 0 spiro atoms. The minimum Gasteiger partial charge on any atom is -0.545 e. The Morgan fingerprint density at radius 1 is 0.323 bits per heavy atom. The van der Waals surface area contributed by atoms with E-state index >= 15 is 0 Å². The van der Waals surface area contributed by atoms with Gasteiger partial charge in [0.05, 0.1) is 40.3 Å². The van der Waals surface area contributed by atoms with E-state index in [-0.39, 0.29) is 38.6 Å². The average molecular weight is 1290 g/mol. The predicted octanol–water partition coefficient (Wildman–Crippen LogP) is 22.7. The molecule has 0 aliphatic carbocycles. The first-order valence-electron chi connectivity index (χ1n) is 37.6. The number of aliphatic carboxylic acids is 1. The van der Waals surface area contributed by atoms with Gasteiger partial charge in [0.25, 0.3) is 0 Å². The van der Waals surface area contributed by atoms with Crippen LogP contribution in [0.4, 0.5) is 0 Å². The zero-order chi connectivity index (χ0) is 67.5. The molecule has 0 rings (SSSR count). The number of hydrogen-bond acceptors (Lipinski definition) is 8. The molecule has 0 heterocycles. The van der Waals surface area contributed by atoms with Gasteiger partial charge in [0.1, 0.15) is 13.2 Å². The van der Waals surface area contributed by atoms with Gasteiger partial charge in [0.2, 0.25) is 0 Å². The number of carbonyl (C=O) groups is 3. The Kier molecular flexibility index (Phi) is 68.8. The van der Waals surface area contributed by atoms with Crippen LogP contribution in [0.1, 0.15) is 296 Å². The van der Waals surface area contributed by atoms with E-state index in [1.54, 1.807) is 0 Å². The molecule has 0 aliphatic rings. The van der Waals surface area contributed by atoms with E-state index < -0.39 is 24.3 Å². The molecule has 0 fully saturated rings. The average Bonchev–Trinajstić information content (AvgIpc) is 3.38. The maximum Gasteiger partial charge on any atom is 0.306 e. The maximum atomic E-state index is 13.0. The number of ether oxygens (including phenoxy) is 4. The Labute approximate surface area is 572 Å². The van der Waals surface area contributed by atoms with E-state index in [1.165, 1.54) is 135 Å². The van der Waals surface area contributed by atoms with E-state index in [4.69, 9.17) is 18.9 Å². The molecule has 0 saturated carbocycles. The van der Waals surface area contributed by atoms with Crippen LogP contribution in [-0.4, -0.2) is 82.3 Å². The quantitative estimate of drug-likeness (QED) is 0.0195. The molecule has 9 nitrogen and oxygen atoms in total. The number of likely N-dealkylation sites (N-methyl/N-ethyl adjacent to an activating group) is 1. The first-order valence-corrected chi connectivity index (χ1v) is 37.6. The van der Waals surface area contributed by atoms with Gasteiger partial charge in [0.15, 0.2) is 12.4 Å². The van der Waals surface area contributed by atoms with Crippen molar-refractivity contribution in [3.05, 3.63) is 158 Å². The number of rotatable bonds is 68. The Balaban J connectivity index is 4.12. The van der Waals surface area contributed by atoms with Crippen molar-refractivity contribution in [2.24, 2.45) is 0 Å². The van der Waals surface area contributed by atoms with E-state index in [1.807, 2.05) is 21.1 Å². The highest BCUT2D eigenvalue weighted by Gasteiger charge is 2.22. The summed E-state index contributed by atoms with van der Waals surface area (Å²) in [5.41, 5.74) is 0.